The molecule has 3 aromatic rings. The summed E-state index contributed by atoms with van der Waals surface area (Å²) in [6.45, 7) is 8.96. The minimum absolute atomic E-state index is 0.260. The predicted molar refractivity (Wildman–Crippen MR) is 160 cm³/mol. The van der Waals surface area contributed by atoms with Crippen LogP contribution >= 0.6 is 11.6 Å². The lowest BCUT2D eigenvalue weighted by molar-refractivity contribution is -0.111. The Labute approximate surface area is 240 Å². The highest BCUT2D eigenvalue weighted by Gasteiger charge is 2.19. The van der Waals surface area contributed by atoms with E-state index in [4.69, 9.17) is 26.1 Å². The summed E-state index contributed by atoms with van der Waals surface area (Å²) in [6, 6.07) is 11.2. The number of carbonyl (C=O) groups excluding carboxylic acids is 1. The van der Waals surface area contributed by atoms with Crippen LogP contribution < -0.4 is 20.1 Å². The van der Waals surface area contributed by atoms with E-state index in [2.05, 4.69) is 33.6 Å². The number of pyridine rings is 1. The molecule has 0 bridgehead atoms. The summed E-state index contributed by atoms with van der Waals surface area (Å²) in [5.74, 6) is 0.798. The lowest BCUT2D eigenvalue weighted by atomic mass is 10.0. The number of benzene rings is 2. The van der Waals surface area contributed by atoms with E-state index in [-0.39, 0.29) is 5.91 Å². The van der Waals surface area contributed by atoms with Gasteiger partial charge in [0, 0.05) is 55.9 Å². The van der Waals surface area contributed by atoms with E-state index in [1.807, 2.05) is 26.0 Å². The molecule has 1 fully saturated rings. The Hall–Kier alpha value is -3.84. The Morgan fingerprint density at radius 2 is 1.95 bits per heavy atom. The van der Waals surface area contributed by atoms with Gasteiger partial charge in [-0.2, -0.15) is 5.26 Å². The number of amides is 1. The van der Waals surface area contributed by atoms with E-state index in [1.165, 1.54) is 0 Å². The zero-order valence-corrected chi connectivity index (χ0v) is 24.1. The number of fused-ring (bicyclic) bond motifs is 1. The van der Waals surface area contributed by atoms with Gasteiger partial charge in [-0.05, 0) is 44.7 Å². The molecule has 1 aliphatic rings. The Balaban J connectivity index is 1.69. The zero-order chi connectivity index (χ0) is 28.6. The number of rotatable bonds is 10. The SMILES string of the molecule is CCOc1cc2nc(CC)c(C#N)c(Nc3ccc(OC)c(Cl)c3)c2cc1NC(=O)/C=C/CN1CCN(C)CC1. The minimum atomic E-state index is -0.260. The first kappa shape index (κ1) is 29.2. The van der Waals surface area contributed by atoms with Crippen LogP contribution in [0.5, 0.6) is 11.5 Å². The maximum Gasteiger partial charge on any atom is 0.248 e. The quantitative estimate of drug-likeness (QED) is 0.324. The molecule has 1 amide bonds. The normalized spacial score (nSPS) is 14.3. The van der Waals surface area contributed by atoms with Gasteiger partial charge in [0.2, 0.25) is 5.91 Å². The summed E-state index contributed by atoms with van der Waals surface area (Å²) in [4.78, 5) is 22.3. The number of ether oxygens (including phenoxy) is 2. The number of methoxy groups -OCH3 is 1. The lowest BCUT2D eigenvalue weighted by Crippen LogP contribution is -2.44. The van der Waals surface area contributed by atoms with E-state index >= 15 is 0 Å². The molecule has 0 atom stereocenters. The number of likely N-dealkylation sites (N-methyl/N-ethyl adjacent to an activating group) is 1. The summed E-state index contributed by atoms with van der Waals surface area (Å²) in [5.41, 5.74) is 3.48. The minimum Gasteiger partial charge on any atom is -0.495 e. The zero-order valence-electron chi connectivity index (χ0n) is 23.4. The van der Waals surface area contributed by atoms with Crippen LogP contribution in [0.4, 0.5) is 17.1 Å². The standard InChI is InChI=1S/C30H35ClN6O3/c1-5-24-22(19-32)30(33-20-9-10-27(39-4)23(31)16-20)21-17-26(28(40-6-2)18-25(21)34-24)35-29(38)8-7-11-37-14-12-36(3)13-15-37/h7-10,16-18H,5-6,11-15H2,1-4H3,(H,33,34)(H,35,38)/b8-7+. The lowest BCUT2D eigenvalue weighted by Gasteiger charge is -2.31. The molecule has 0 radical (unpaired) electrons. The molecule has 0 spiro atoms. The Morgan fingerprint density at radius 3 is 2.60 bits per heavy atom. The van der Waals surface area contributed by atoms with Crippen LogP contribution in [-0.4, -0.2) is 74.2 Å². The van der Waals surface area contributed by atoms with Crippen molar-refractivity contribution in [3.63, 3.8) is 0 Å². The first-order valence-corrected chi connectivity index (χ1v) is 13.8. The van der Waals surface area contributed by atoms with Crippen molar-refractivity contribution in [1.82, 2.24) is 14.8 Å². The molecule has 1 saturated heterocycles. The average molecular weight is 563 g/mol. The maximum absolute atomic E-state index is 12.9. The number of piperazine rings is 1. The number of nitriles is 1. The van der Waals surface area contributed by atoms with Gasteiger partial charge in [-0.1, -0.05) is 24.6 Å². The second kappa shape index (κ2) is 13.5. The summed E-state index contributed by atoms with van der Waals surface area (Å²) in [7, 11) is 3.67. The molecule has 2 heterocycles. The second-order valence-electron chi connectivity index (χ2n) is 9.54. The molecular weight excluding hydrogens is 528 g/mol. The maximum atomic E-state index is 12.9. The van der Waals surface area contributed by atoms with Crippen molar-refractivity contribution in [2.45, 2.75) is 20.3 Å². The van der Waals surface area contributed by atoms with Crippen molar-refractivity contribution < 1.29 is 14.3 Å². The highest BCUT2D eigenvalue weighted by molar-refractivity contribution is 6.32. The first-order valence-electron chi connectivity index (χ1n) is 13.4. The van der Waals surface area contributed by atoms with Gasteiger partial charge in [-0.15, -0.1) is 0 Å². The van der Waals surface area contributed by atoms with Gasteiger partial charge in [-0.25, -0.2) is 0 Å². The van der Waals surface area contributed by atoms with Gasteiger partial charge in [0.15, 0.2) is 0 Å². The summed E-state index contributed by atoms with van der Waals surface area (Å²) in [5, 5.41) is 17.5. The molecule has 210 valence electrons. The molecule has 10 heteroatoms. The highest BCUT2D eigenvalue weighted by atomic mass is 35.5. The number of aromatic nitrogens is 1. The van der Waals surface area contributed by atoms with Crippen molar-refractivity contribution in [3.8, 4) is 17.6 Å². The molecular formula is C30H35ClN6O3. The monoisotopic (exact) mass is 562 g/mol. The van der Waals surface area contributed by atoms with Crippen molar-refractivity contribution in [3.05, 3.63) is 58.8 Å². The van der Waals surface area contributed by atoms with Gasteiger partial charge >= 0.3 is 0 Å². The van der Waals surface area contributed by atoms with E-state index < -0.39 is 0 Å². The van der Waals surface area contributed by atoms with Gasteiger partial charge in [0.1, 0.15) is 17.6 Å². The summed E-state index contributed by atoms with van der Waals surface area (Å²) >= 11 is 6.36. The number of hydrogen-bond donors (Lipinski definition) is 2. The molecule has 0 unspecified atom stereocenters. The number of nitrogens with one attached hydrogen (secondary N) is 2. The third kappa shape index (κ3) is 6.83. The smallest absolute Gasteiger partial charge is 0.248 e. The second-order valence-corrected chi connectivity index (χ2v) is 9.95. The molecule has 1 aromatic heterocycles. The number of carbonyl (C=O) groups is 1. The summed E-state index contributed by atoms with van der Waals surface area (Å²) in [6.07, 6.45) is 4.00. The van der Waals surface area contributed by atoms with E-state index in [9.17, 15) is 10.1 Å². The van der Waals surface area contributed by atoms with Gasteiger partial charge < -0.3 is 25.0 Å². The fraction of sp³-hybridized carbons (Fsp3) is 0.367. The third-order valence-corrected chi connectivity index (χ3v) is 7.11. The molecule has 2 N–H and O–H groups in total. The van der Waals surface area contributed by atoms with Gasteiger partial charge in [0.25, 0.3) is 0 Å². The molecule has 2 aromatic carbocycles. The van der Waals surface area contributed by atoms with Crippen molar-refractivity contribution in [1.29, 1.82) is 5.26 Å². The van der Waals surface area contributed by atoms with Crippen molar-refractivity contribution in [2.75, 3.05) is 64.1 Å². The fourth-order valence-electron chi connectivity index (χ4n) is 4.62. The number of anilines is 3. The first-order chi connectivity index (χ1) is 19.4. The van der Waals surface area contributed by atoms with Crippen LogP contribution in [0.2, 0.25) is 5.02 Å². The molecule has 1 aliphatic heterocycles. The molecule has 4 rings (SSSR count). The van der Waals surface area contributed by atoms with Crippen LogP contribution in [-0.2, 0) is 11.2 Å². The number of hydrogen-bond acceptors (Lipinski definition) is 8. The Kier molecular flexibility index (Phi) is 9.83. The van der Waals surface area contributed by atoms with Crippen LogP contribution in [0.15, 0.2) is 42.5 Å². The number of nitrogens with zero attached hydrogens (tertiary/aromatic N) is 4. The van der Waals surface area contributed by atoms with Crippen LogP contribution in [0.25, 0.3) is 10.9 Å². The molecule has 0 saturated carbocycles. The predicted octanol–water partition coefficient (Wildman–Crippen LogP) is 5.22. The topological polar surface area (TPSA) is 103 Å². The van der Waals surface area contributed by atoms with Crippen molar-refractivity contribution >= 4 is 45.5 Å². The van der Waals surface area contributed by atoms with Gasteiger partial charge in [0.05, 0.1) is 46.9 Å². The van der Waals surface area contributed by atoms with Crippen LogP contribution in [0, 0.1) is 11.3 Å². The fourth-order valence-corrected chi connectivity index (χ4v) is 4.88. The van der Waals surface area contributed by atoms with Crippen molar-refractivity contribution in [2.24, 2.45) is 0 Å². The summed E-state index contributed by atoms with van der Waals surface area (Å²) < 4.78 is 11.1. The molecule has 40 heavy (non-hydrogen) atoms. The van der Waals surface area contributed by atoms with Crippen LogP contribution in [0.1, 0.15) is 25.1 Å². The molecule has 0 aliphatic carbocycles. The van der Waals surface area contributed by atoms with Crippen LogP contribution in [0.3, 0.4) is 0 Å². The number of halogens is 1. The van der Waals surface area contributed by atoms with E-state index in [0.717, 1.165) is 26.2 Å². The van der Waals surface area contributed by atoms with Gasteiger partial charge in [-0.3, -0.25) is 14.7 Å². The van der Waals surface area contributed by atoms with E-state index in [1.54, 1.807) is 37.5 Å². The third-order valence-electron chi connectivity index (χ3n) is 6.82. The largest absolute Gasteiger partial charge is 0.495 e. The molecule has 9 nitrogen and oxygen atoms in total. The average Bonchev–Trinajstić information content (AvgIpc) is 2.94. The van der Waals surface area contributed by atoms with E-state index in [0.29, 0.717) is 75.3 Å². The highest BCUT2D eigenvalue weighted by Crippen LogP contribution is 2.38. The number of aryl methyl sites for hydroxylation is 1. The Bertz CT molecular complexity index is 1440. The Morgan fingerprint density at radius 1 is 1.18 bits per heavy atom.